The zero-order chi connectivity index (χ0) is 93.0. The Bertz CT molecular complexity index is 3460. The molecule has 0 aliphatic carbocycles. The number of aliphatic hydroxyl groups is 1. The number of carboxylic acids is 1. The first kappa shape index (κ1) is 111. The molecule has 13 atom stereocenters. The fraction of sp³-hybridized carbons (Fsp3) is 0.762. The molecule has 0 spiro atoms. The lowest BCUT2D eigenvalue weighted by Gasteiger charge is -2.22. The van der Waals surface area contributed by atoms with Crippen molar-refractivity contribution in [1.29, 1.82) is 0 Å². The number of hydrogen-bond acceptors (Lipinski definition) is 24. The van der Waals surface area contributed by atoms with Gasteiger partial charge in [0.1, 0.15) is 48.3 Å². The second kappa shape index (κ2) is 65.3. The molecule has 710 valence electrons. The summed E-state index contributed by atoms with van der Waals surface area (Å²) in [6, 6.07) is -12.6. The number of amides is 18. The van der Waals surface area contributed by atoms with Crippen molar-refractivity contribution in [3.63, 3.8) is 0 Å². The van der Waals surface area contributed by atoms with Crippen LogP contribution in [0.5, 0.6) is 0 Å². The lowest BCUT2D eigenvalue weighted by Crippen LogP contribution is -2.56. The Balaban J connectivity index is 1.75. The molecule has 0 radical (unpaired) electrons. The molecule has 0 aromatic rings. The van der Waals surface area contributed by atoms with E-state index in [0.29, 0.717) is 64.5 Å². The van der Waals surface area contributed by atoms with Crippen LogP contribution >= 0.6 is 11.8 Å². The van der Waals surface area contributed by atoms with Crippen molar-refractivity contribution >= 4 is 124 Å². The van der Waals surface area contributed by atoms with Gasteiger partial charge in [0, 0.05) is 50.0 Å². The normalized spacial score (nSPS) is 16.1. The maximum Gasteiger partial charge on any atom is 0.315 e. The highest BCUT2D eigenvalue weighted by Crippen LogP contribution is 2.33. The number of fused-ring (bicyclic) bond motifs is 1. The molecule has 18 amide bonds. The van der Waals surface area contributed by atoms with Gasteiger partial charge in [-0.15, -0.1) is 0 Å². The van der Waals surface area contributed by atoms with Gasteiger partial charge in [0.2, 0.25) is 94.5 Å². The highest BCUT2D eigenvalue weighted by molar-refractivity contribution is 8.00. The lowest BCUT2D eigenvalue weighted by molar-refractivity contribution is -0.141. The summed E-state index contributed by atoms with van der Waals surface area (Å²) in [7, 11) is 0. The summed E-state index contributed by atoms with van der Waals surface area (Å²) in [5, 5.41) is 62.5. The predicted octanol–water partition coefficient (Wildman–Crippen LogP) is -4.75. The van der Waals surface area contributed by atoms with Crippen molar-refractivity contribution in [2.45, 2.75) is 317 Å². The molecule has 2 fully saturated rings. The average Bonchev–Trinajstić information content (AvgIpc) is 1.67. The SMILES string of the molecule is CCCCCCCCCCCCCCCC(=O)NCCCC[C@H](NC(=O)[C@H](C)NC(=O)[C@H](C)NC(=O)[C@H](C)NC(=O)CNC(=O)CNC(=O)CNC(=O)[C@H](CCCCNC(=O)[C@@H](N)CCCCNC(=O)[C@H](CO)NC(=O)[C@H](CC(=O)O)NC(=O)CNC(=O)[C@H](CCCN=C(N)N)NC(=O)CCCC[C@@H]1SC[C@@H]2NC(=O)N[C@@H]21)NC(=O)[C@@H](N)CCCCN)C(N)=O. The van der Waals surface area contributed by atoms with Crippen molar-refractivity contribution in [2.75, 3.05) is 71.3 Å². The number of hydrogen-bond donors (Lipinski definition) is 25. The number of aliphatic carboxylic acids is 1. The second-order valence-corrected chi connectivity index (χ2v) is 32.8. The van der Waals surface area contributed by atoms with Crippen LogP contribution in [0.3, 0.4) is 0 Å². The standard InChI is InChI=1S/C80H144N24O20S/c1-5-6-7-8-9-10-11-12-13-14-15-16-17-35-61(106)87-38-26-22-31-54(69(84)114)100-72(117)51(4)97-71(116)50(3)96-70(115)49(2)95-65(110)45-92-63(108)43-91-64(109)44-93-76(121)56(101-74(119)53(83)29-20-24-37-81)32-23-27-39-88-73(118)52(82)30-21-25-40-89-77(122)58(47-105)102-78(123)57(42-67(112)113)99-66(111)46-94-75(120)55(33-28-41-90-79(85)86)98-62(107)36-19-18-34-60-68-59(48-125-60)103-80(124)104-68/h49-60,68,105H,5-48,81-83H2,1-4H3,(H2,84,114)(H,87,106)(H,88,118)(H,89,122)(H,91,109)(H,92,108)(H,93,121)(H,94,120)(H,95,110)(H,96,115)(H,97,116)(H,98,107)(H,99,111)(H,100,117)(H,101,119)(H,102,123)(H,112,113)(H4,85,86,90)(H2,103,104,124)/t49-,50-,51-,52-,53-,54-,55-,56-,57-,58-,59-,60-,68-/m0/s1. The lowest BCUT2D eigenvalue weighted by atomic mass is 10.0. The zero-order valence-electron chi connectivity index (χ0n) is 73.2. The summed E-state index contributed by atoms with van der Waals surface area (Å²) in [5.41, 5.74) is 34.2. The maximum atomic E-state index is 13.5. The smallest absolute Gasteiger partial charge is 0.315 e. The van der Waals surface area contributed by atoms with E-state index < -0.39 is 194 Å². The van der Waals surface area contributed by atoms with Gasteiger partial charge in [-0.2, -0.15) is 11.8 Å². The van der Waals surface area contributed by atoms with Crippen LogP contribution in [0.2, 0.25) is 0 Å². The molecule has 45 heteroatoms. The molecule has 0 aromatic carbocycles. The molecule has 2 saturated heterocycles. The number of thioether (sulfide) groups is 1. The number of aliphatic hydroxyl groups excluding tert-OH is 1. The van der Waals surface area contributed by atoms with Crippen molar-refractivity contribution < 1.29 is 96.5 Å². The Morgan fingerprint density at radius 1 is 0.416 bits per heavy atom. The number of carbonyl (C=O) groups excluding carboxylic acids is 17. The molecule has 125 heavy (non-hydrogen) atoms. The van der Waals surface area contributed by atoms with E-state index in [1.54, 1.807) is 11.8 Å². The van der Waals surface area contributed by atoms with Crippen LogP contribution in [-0.2, 0) is 81.5 Å². The van der Waals surface area contributed by atoms with Gasteiger partial charge in [-0.25, -0.2) is 4.79 Å². The molecule has 0 saturated carbocycles. The highest BCUT2D eigenvalue weighted by atomic mass is 32.2. The summed E-state index contributed by atoms with van der Waals surface area (Å²) < 4.78 is 0. The van der Waals surface area contributed by atoms with Gasteiger partial charge >= 0.3 is 12.0 Å². The Morgan fingerprint density at radius 3 is 1.41 bits per heavy atom. The summed E-state index contributed by atoms with van der Waals surface area (Å²) in [5.74, 6) is -12.8. The number of primary amides is 1. The van der Waals surface area contributed by atoms with Crippen LogP contribution in [0.25, 0.3) is 0 Å². The molecule has 2 aliphatic rings. The molecule has 2 rings (SSSR count). The van der Waals surface area contributed by atoms with Crippen LogP contribution in [0.15, 0.2) is 4.99 Å². The minimum absolute atomic E-state index is 0.00495. The molecule has 0 aromatic heterocycles. The molecule has 44 nitrogen and oxygen atoms in total. The highest BCUT2D eigenvalue weighted by Gasteiger charge is 2.43. The molecule has 2 aliphatic heterocycles. The number of rotatable bonds is 71. The number of nitrogens with one attached hydrogen (secondary N) is 17. The predicted molar refractivity (Wildman–Crippen MR) is 467 cm³/mol. The van der Waals surface area contributed by atoms with E-state index in [0.717, 1.165) is 31.4 Å². The van der Waals surface area contributed by atoms with E-state index in [2.05, 4.69) is 102 Å². The number of carbonyl (C=O) groups is 18. The number of urea groups is 1. The third kappa shape index (κ3) is 51.1. The van der Waals surface area contributed by atoms with Gasteiger partial charge in [0.25, 0.3) is 0 Å². The molecular formula is C80H144N24O20S. The van der Waals surface area contributed by atoms with Gasteiger partial charge in [-0.3, -0.25) is 86.5 Å². The van der Waals surface area contributed by atoms with Gasteiger partial charge in [0.15, 0.2) is 5.96 Å². The first-order valence-corrected chi connectivity index (χ1v) is 45.0. The van der Waals surface area contributed by atoms with E-state index in [9.17, 15) is 96.5 Å². The first-order valence-electron chi connectivity index (χ1n) is 44.0. The van der Waals surface area contributed by atoms with Crippen molar-refractivity contribution in [1.82, 2.24) is 90.4 Å². The molecular weight excluding hydrogens is 1650 g/mol. The molecule has 0 unspecified atom stereocenters. The number of nitrogens with two attached hydrogens (primary N) is 6. The van der Waals surface area contributed by atoms with Crippen LogP contribution < -0.4 is 125 Å². The monoisotopic (exact) mass is 1790 g/mol. The second-order valence-electron chi connectivity index (χ2n) is 31.6. The first-order chi connectivity index (χ1) is 59.6. The van der Waals surface area contributed by atoms with Gasteiger partial charge < -0.3 is 135 Å². The van der Waals surface area contributed by atoms with E-state index in [-0.39, 0.29) is 119 Å². The van der Waals surface area contributed by atoms with Crippen molar-refractivity contribution in [2.24, 2.45) is 39.4 Å². The van der Waals surface area contributed by atoms with E-state index in [1.165, 1.54) is 85.0 Å². The average molecular weight is 1790 g/mol. The number of carboxylic acid groups (broad SMARTS) is 1. The van der Waals surface area contributed by atoms with Crippen LogP contribution in [0.1, 0.15) is 240 Å². The summed E-state index contributed by atoms with van der Waals surface area (Å²) >= 11 is 1.74. The topological polar surface area (TPSA) is 721 Å². The number of nitrogens with zero attached hydrogens (tertiary/aromatic N) is 1. The minimum Gasteiger partial charge on any atom is -0.481 e. The van der Waals surface area contributed by atoms with Gasteiger partial charge in [-0.1, -0.05) is 96.8 Å². The Kier molecular flexibility index (Phi) is 57.9. The third-order valence-corrected chi connectivity index (χ3v) is 22.2. The summed E-state index contributed by atoms with van der Waals surface area (Å²) in [6.07, 6.45) is 21.3. The Labute approximate surface area is 735 Å². The maximum absolute atomic E-state index is 13.5. The number of aliphatic imine (C=N–C) groups is 1. The molecule has 2 heterocycles. The molecule has 31 N–H and O–H groups in total. The van der Waals surface area contributed by atoms with E-state index in [4.69, 9.17) is 34.4 Å². The zero-order valence-corrected chi connectivity index (χ0v) is 74.0. The Morgan fingerprint density at radius 2 is 0.848 bits per heavy atom. The van der Waals surface area contributed by atoms with E-state index >= 15 is 0 Å². The van der Waals surface area contributed by atoms with Crippen LogP contribution in [0, 0.1) is 0 Å². The third-order valence-electron chi connectivity index (χ3n) is 20.7. The van der Waals surface area contributed by atoms with Crippen LogP contribution in [0.4, 0.5) is 4.79 Å². The summed E-state index contributed by atoms with van der Waals surface area (Å²) in [6.45, 7) is 3.48. The quantitative estimate of drug-likeness (QED) is 0.0118. The van der Waals surface area contributed by atoms with E-state index in [1.807, 2.05) is 0 Å². The number of unbranched alkanes of at least 4 members (excludes halogenated alkanes) is 17. The van der Waals surface area contributed by atoms with Crippen LogP contribution in [-0.4, -0.2) is 272 Å². The van der Waals surface area contributed by atoms with Crippen molar-refractivity contribution in [3.8, 4) is 0 Å². The fourth-order valence-corrected chi connectivity index (χ4v) is 14.8. The summed E-state index contributed by atoms with van der Waals surface area (Å²) in [4.78, 5) is 235. The van der Waals surface area contributed by atoms with Crippen molar-refractivity contribution in [3.05, 3.63) is 0 Å². The molecule has 0 bridgehead atoms. The minimum atomic E-state index is -1.79. The number of guanidine groups is 1. The Hall–Kier alpha value is -10.3. The fourth-order valence-electron chi connectivity index (χ4n) is 13.3. The van der Waals surface area contributed by atoms with Gasteiger partial charge in [0.05, 0.1) is 63.4 Å². The van der Waals surface area contributed by atoms with Gasteiger partial charge in [-0.05, 0) is 130 Å². The largest absolute Gasteiger partial charge is 0.481 e.